The zero-order valence-corrected chi connectivity index (χ0v) is 22.1. The van der Waals surface area contributed by atoms with E-state index in [9.17, 15) is 36.8 Å². The lowest BCUT2D eigenvalue weighted by Gasteiger charge is -2.33. The number of alkyl halides is 5. The first-order valence-electron chi connectivity index (χ1n) is 12.8. The molecule has 1 unspecified atom stereocenters. The summed E-state index contributed by atoms with van der Waals surface area (Å²) >= 11 is 0. The van der Waals surface area contributed by atoms with E-state index < -0.39 is 54.5 Å². The van der Waals surface area contributed by atoms with Crippen LogP contribution < -0.4 is 10.6 Å². The molecule has 1 aliphatic heterocycles. The number of aromatic nitrogens is 3. The van der Waals surface area contributed by atoms with E-state index in [1.165, 1.54) is 23.0 Å². The molecular weight excluding hydrogens is 541 g/mol. The average molecular weight is 572 g/mol. The van der Waals surface area contributed by atoms with E-state index in [1.807, 2.05) is 11.4 Å². The number of hydrogen-bond donors (Lipinski definition) is 2. The molecule has 3 heterocycles. The fraction of sp³-hybridized carbons (Fsp3) is 0.640. The molecule has 0 aromatic carbocycles. The Morgan fingerprint density at radius 3 is 2.55 bits per heavy atom. The van der Waals surface area contributed by atoms with E-state index in [2.05, 4.69) is 15.4 Å². The Balaban J connectivity index is 1.64. The maximum atomic E-state index is 13.9. The number of imidazole rings is 1. The second kappa shape index (κ2) is 10.7. The van der Waals surface area contributed by atoms with Gasteiger partial charge in [-0.3, -0.25) is 0 Å². The summed E-state index contributed by atoms with van der Waals surface area (Å²) in [5.41, 5.74) is 0.0584. The molecule has 0 bridgehead atoms. The van der Waals surface area contributed by atoms with Crippen LogP contribution in [0.4, 0.5) is 31.5 Å². The van der Waals surface area contributed by atoms with Crippen molar-refractivity contribution in [2.75, 3.05) is 6.54 Å². The number of nitrogens with zero attached hydrogens (tertiary/aromatic N) is 5. The first-order chi connectivity index (χ1) is 18.6. The number of nitriles is 1. The second-order valence-corrected chi connectivity index (χ2v) is 11.1. The molecule has 0 spiro atoms. The Morgan fingerprint density at radius 2 is 1.98 bits per heavy atom. The van der Waals surface area contributed by atoms with E-state index in [-0.39, 0.29) is 49.2 Å². The van der Waals surface area contributed by atoms with Gasteiger partial charge in [-0.15, -0.1) is 0 Å². The number of alkyl carbamates (subject to hydrolysis) is 1. The second-order valence-electron chi connectivity index (χ2n) is 11.1. The van der Waals surface area contributed by atoms with Crippen LogP contribution in [0.25, 0.3) is 5.65 Å². The molecule has 2 N–H and O–H groups in total. The van der Waals surface area contributed by atoms with Crippen LogP contribution in [0, 0.1) is 17.2 Å². The fourth-order valence-corrected chi connectivity index (χ4v) is 5.01. The molecular formula is C25H30F5N7O3. The van der Waals surface area contributed by atoms with Gasteiger partial charge < -0.3 is 20.3 Å². The Morgan fingerprint density at radius 1 is 1.30 bits per heavy atom. The summed E-state index contributed by atoms with van der Waals surface area (Å²) in [5.74, 6) is -3.15. The van der Waals surface area contributed by atoms with Crippen LogP contribution in [0.2, 0.25) is 0 Å². The molecule has 4 rings (SSSR count). The first kappa shape index (κ1) is 29.3. The van der Waals surface area contributed by atoms with E-state index >= 15 is 0 Å². The van der Waals surface area contributed by atoms with Gasteiger partial charge >= 0.3 is 18.3 Å². The largest absolute Gasteiger partial charge is 0.444 e. The van der Waals surface area contributed by atoms with Crippen molar-refractivity contribution in [3.63, 3.8) is 0 Å². The van der Waals surface area contributed by atoms with Crippen molar-refractivity contribution >= 4 is 17.8 Å². The summed E-state index contributed by atoms with van der Waals surface area (Å²) in [4.78, 5) is 30.5. The molecule has 0 radical (unpaired) electrons. The van der Waals surface area contributed by atoms with E-state index in [1.54, 1.807) is 20.8 Å². The third-order valence-corrected chi connectivity index (χ3v) is 6.96. The predicted molar refractivity (Wildman–Crippen MR) is 130 cm³/mol. The molecule has 1 saturated carbocycles. The van der Waals surface area contributed by atoms with Gasteiger partial charge in [0.1, 0.15) is 11.6 Å². The van der Waals surface area contributed by atoms with Crippen LogP contribution >= 0.6 is 0 Å². The monoisotopic (exact) mass is 571 g/mol. The highest BCUT2D eigenvalue weighted by atomic mass is 19.4. The lowest BCUT2D eigenvalue weighted by Crippen LogP contribution is -2.40. The molecule has 10 nitrogen and oxygen atoms in total. The molecule has 3 amide bonds. The van der Waals surface area contributed by atoms with Gasteiger partial charge in [-0.25, -0.2) is 27.9 Å². The maximum absolute atomic E-state index is 13.9. The normalized spacial score (nSPS) is 21.5. The zero-order valence-electron chi connectivity index (χ0n) is 22.1. The minimum absolute atomic E-state index is 0.134. The van der Waals surface area contributed by atoms with Gasteiger partial charge in [-0.2, -0.15) is 23.5 Å². The van der Waals surface area contributed by atoms with Gasteiger partial charge in [0, 0.05) is 12.8 Å². The van der Waals surface area contributed by atoms with Crippen LogP contribution in [-0.4, -0.2) is 61.9 Å². The van der Waals surface area contributed by atoms with Crippen LogP contribution in [0.15, 0.2) is 18.5 Å². The molecule has 40 heavy (non-hydrogen) atoms. The standard InChI is InChI=1S/C25H30F5N7O3/c1-23(2,3)40-22(39)35-20(14-4-7-24(26,27)8-5-14)16-12-37-19(33-16)10-15(11-32-37)17(6-9-31)36-13-18(25(28,29)30)34-21(36)38/h10-12,14,17-18,20H,4-8,13H2,1-3H3,(H,34,38)(H,35,39)/t17-,18+,20?/m1/s1. The minimum atomic E-state index is -4.65. The molecule has 3 atom stereocenters. The number of carbonyl (C=O) groups is 2. The summed E-state index contributed by atoms with van der Waals surface area (Å²) in [6.07, 6.45) is -3.25. The minimum Gasteiger partial charge on any atom is -0.444 e. The summed E-state index contributed by atoms with van der Waals surface area (Å²) in [5, 5.41) is 18.2. The van der Waals surface area contributed by atoms with E-state index in [4.69, 9.17) is 4.74 Å². The van der Waals surface area contributed by atoms with Gasteiger partial charge in [0.05, 0.1) is 49.2 Å². The SMILES string of the molecule is CC(C)(C)OC(=O)NC(c1cn2ncc([C@@H](CC#N)N3C[C@@H](C(F)(F)F)NC3=O)cc2n1)C1CCC(F)(F)CC1. The van der Waals surface area contributed by atoms with Crippen LogP contribution in [0.1, 0.15) is 76.2 Å². The Kier molecular flexibility index (Phi) is 7.83. The van der Waals surface area contributed by atoms with Crippen molar-refractivity contribution in [3.8, 4) is 6.07 Å². The average Bonchev–Trinajstić information content (AvgIpc) is 3.43. The number of nitrogens with one attached hydrogen (secondary N) is 2. The predicted octanol–water partition coefficient (Wildman–Crippen LogP) is 5.03. The van der Waals surface area contributed by atoms with Gasteiger partial charge in [0.25, 0.3) is 0 Å². The first-order valence-corrected chi connectivity index (χ1v) is 12.8. The van der Waals surface area contributed by atoms with Crippen molar-refractivity contribution < 1.29 is 36.3 Å². The number of rotatable bonds is 6. The van der Waals surface area contributed by atoms with Gasteiger partial charge in [0.15, 0.2) is 5.65 Å². The molecule has 1 saturated heterocycles. The third-order valence-electron chi connectivity index (χ3n) is 6.96. The Labute approximate surface area is 226 Å². The maximum Gasteiger partial charge on any atom is 0.410 e. The van der Waals surface area contributed by atoms with Crippen molar-refractivity contribution in [2.24, 2.45) is 5.92 Å². The number of urea groups is 1. The summed E-state index contributed by atoms with van der Waals surface area (Å²) in [6, 6.07) is -1.43. The molecule has 2 aromatic rings. The molecule has 218 valence electrons. The van der Waals surface area contributed by atoms with E-state index in [0.29, 0.717) is 5.69 Å². The Bertz CT molecular complexity index is 1290. The van der Waals surface area contributed by atoms with Crippen LogP contribution in [0.5, 0.6) is 0 Å². The van der Waals surface area contributed by atoms with Crippen molar-refractivity contribution in [1.29, 1.82) is 5.26 Å². The topological polar surface area (TPSA) is 125 Å². The van der Waals surface area contributed by atoms with Crippen molar-refractivity contribution in [1.82, 2.24) is 30.1 Å². The van der Waals surface area contributed by atoms with Crippen molar-refractivity contribution in [3.05, 3.63) is 29.7 Å². The highest BCUT2D eigenvalue weighted by Gasteiger charge is 2.48. The summed E-state index contributed by atoms with van der Waals surface area (Å²) < 4.78 is 74.1. The Hall–Kier alpha value is -3.70. The lowest BCUT2D eigenvalue weighted by atomic mass is 9.81. The highest BCUT2D eigenvalue weighted by molar-refractivity contribution is 5.77. The number of halogens is 5. The lowest BCUT2D eigenvalue weighted by molar-refractivity contribution is -0.150. The van der Waals surface area contributed by atoms with Crippen LogP contribution in [-0.2, 0) is 4.74 Å². The smallest absolute Gasteiger partial charge is 0.410 e. The summed E-state index contributed by atoms with van der Waals surface area (Å²) in [6.45, 7) is 4.39. The quantitative estimate of drug-likeness (QED) is 0.469. The van der Waals surface area contributed by atoms with Gasteiger partial charge in [0.2, 0.25) is 5.92 Å². The van der Waals surface area contributed by atoms with Crippen LogP contribution in [0.3, 0.4) is 0 Å². The number of carbonyl (C=O) groups excluding carboxylic acids is 2. The van der Waals surface area contributed by atoms with Gasteiger partial charge in [-0.05, 0) is 51.2 Å². The van der Waals surface area contributed by atoms with Crippen molar-refractivity contribution in [2.45, 2.75) is 88.7 Å². The molecule has 2 fully saturated rings. The fourth-order valence-electron chi connectivity index (χ4n) is 5.01. The van der Waals surface area contributed by atoms with E-state index in [0.717, 1.165) is 4.90 Å². The number of amides is 3. The molecule has 15 heteroatoms. The molecule has 2 aliphatic rings. The number of ether oxygens (including phenoxy) is 1. The number of hydrogen-bond acceptors (Lipinski definition) is 6. The highest BCUT2D eigenvalue weighted by Crippen LogP contribution is 2.41. The van der Waals surface area contributed by atoms with Gasteiger partial charge in [-0.1, -0.05) is 0 Å². The molecule has 2 aromatic heterocycles. The zero-order chi connectivity index (χ0) is 29.5. The number of fused-ring (bicyclic) bond motifs is 1. The third kappa shape index (κ3) is 6.71. The summed E-state index contributed by atoms with van der Waals surface area (Å²) in [7, 11) is 0. The molecule has 1 aliphatic carbocycles.